The molecule has 5 nitrogen and oxygen atoms in total. The van der Waals surface area contributed by atoms with Crippen molar-refractivity contribution in [3.8, 4) is 11.3 Å². The van der Waals surface area contributed by atoms with Gasteiger partial charge in [-0.1, -0.05) is 24.3 Å². The minimum atomic E-state index is -0.330. The summed E-state index contributed by atoms with van der Waals surface area (Å²) in [5.41, 5.74) is 3.07. The molecule has 1 amide bonds. The summed E-state index contributed by atoms with van der Waals surface area (Å²) in [6.45, 7) is 2.52. The van der Waals surface area contributed by atoms with Crippen LogP contribution >= 0.6 is 0 Å². The van der Waals surface area contributed by atoms with Gasteiger partial charge in [0, 0.05) is 18.2 Å². The summed E-state index contributed by atoms with van der Waals surface area (Å²) < 4.78 is 14.4. The van der Waals surface area contributed by atoms with Crippen molar-refractivity contribution in [1.82, 2.24) is 15.1 Å². The number of aryl methyl sites for hydroxylation is 1. The van der Waals surface area contributed by atoms with Gasteiger partial charge in [0.1, 0.15) is 5.82 Å². The van der Waals surface area contributed by atoms with Crippen molar-refractivity contribution in [2.24, 2.45) is 0 Å². The topological polar surface area (TPSA) is 64.0 Å². The van der Waals surface area contributed by atoms with Crippen molar-refractivity contribution in [3.63, 3.8) is 0 Å². The molecular formula is C21H20FN3O2. The molecule has 27 heavy (non-hydrogen) atoms. The molecule has 0 aliphatic rings. The van der Waals surface area contributed by atoms with Gasteiger partial charge in [0.05, 0.1) is 18.7 Å². The molecule has 3 aromatic rings. The SMILES string of the molecule is Cc1ccccc1CC(=O)NCCn1nc(-c2ccc(F)cc2)ccc1=O. The molecule has 1 heterocycles. The third kappa shape index (κ3) is 4.88. The summed E-state index contributed by atoms with van der Waals surface area (Å²) in [6, 6.07) is 16.6. The molecule has 0 spiro atoms. The minimum absolute atomic E-state index is 0.105. The van der Waals surface area contributed by atoms with Gasteiger partial charge in [-0.2, -0.15) is 5.10 Å². The molecule has 0 fully saturated rings. The minimum Gasteiger partial charge on any atom is -0.354 e. The first-order valence-electron chi connectivity index (χ1n) is 8.68. The average molecular weight is 365 g/mol. The molecule has 0 aliphatic heterocycles. The van der Waals surface area contributed by atoms with Gasteiger partial charge in [0.25, 0.3) is 5.56 Å². The lowest BCUT2D eigenvalue weighted by molar-refractivity contribution is -0.120. The molecular weight excluding hydrogens is 345 g/mol. The van der Waals surface area contributed by atoms with E-state index >= 15 is 0 Å². The van der Waals surface area contributed by atoms with Crippen molar-refractivity contribution >= 4 is 5.91 Å². The normalized spacial score (nSPS) is 10.6. The van der Waals surface area contributed by atoms with Crippen molar-refractivity contribution in [3.05, 3.63) is 88.0 Å². The van der Waals surface area contributed by atoms with Crippen LogP contribution in [-0.4, -0.2) is 22.2 Å². The van der Waals surface area contributed by atoms with E-state index in [1.54, 1.807) is 18.2 Å². The van der Waals surface area contributed by atoms with Crippen LogP contribution in [0.4, 0.5) is 4.39 Å². The third-order valence-electron chi connectivity index (χ3n) is 4.26. The summed E-state index contributed by atoms with van der Waals surface area (Å²) >= 11 is 0. The highest BCUT2D eigenvalue weighted by molar-refractivity contribution is 5.78. The van der Waals surface area contributed by atoms with E-state index < -0.39 is 0 Å². The van der Waals surface area contributed by atoms with E-state index in [2.05, 4.69) is 10.4 Å². The number of benzene rings is 2. The largest absolute Gasteiger partial charge is 0.354 e. The van der Waals surface area contributed by atoms with Gasteiger partial charge in [-0.25, -0.2) is 9.07 Å². The molecule has 6 heteroatoms. The van der Waals surface area contributed by atoms with E-state index in [0.717, 1.165) is 11.1 Å². The number of aromatic nitrogens is 2. The van der Waals surface area contributed by atoms with Crippen LogP contribution in [0.5, 0.6) is 0 Å². The number of hydrogen-bond acceptors (Lipinski definition) is 3. The van der Waals surface area contributed by atoms with Gasteiger partial charge in [-0.3, -0.25) is 9.59 Å². The van der Waals surface area contributed by atoms with Gasteiger partial charge < -0.3 is 5.32 Å². The van der Waals surface area contributed by atoms with Crippen LogP contribution in [0, 0.1) is 12.7 Å². The number of carbonyl (C=O) groups is 1. The molecule has 1 N–H and O–H groups in total. The van der Waals surface area contributed by atoms with Crippen LogP contribution in [0.3, 0.4) is 0 Å². The number of nitrogens with zero attached hydrogens (tertiary/aromatic N) is 2. The fourth-order valence-electron chi connectivity index (χ4n) is 2.73. The number of halogens is 1. The molecule has 0 atom stereocenters. The van der Waals surface area contributed by atoms with Crippen molar-refractivity contribution in [2.75, 3.05) is 6.54 Å². The van der Waals surface area contributed by atoms with Crippen LogP contribution in [0.1, 0.15) is 11.1 Å². The van der Waals surface area contributed by atoms with Crippen LogP contribution < -0.4 is 10.9 Å². The summed E-state index contributed by atoms with van der Waals surface area (Å²) in [7, 11) is 0. The molecule has 0 saturated heterocycles. The fraction of sp³-hybridized carbons (Fsp3) is 0.190. The molecule has 3 rings (SSSR count). The Hall–Kier alpha value is -3.28. The molecule has 2 aromatic carbocycles. The Morgan fingerprint density at radius 2 is 1.81 bits per heavy atom. The fourth-order valence-corrected chi connectivity index (χ4v) is 2.73. The lowest BCUT2D eigenvalue weighted by Crippen LogP contribution is -2.32. The maximum atomic E-state index is 13.1. The van der Waals surface area contributed by atoms with E-state index in [9.17, 15) is 14.0 Å². The Morgan fingerprint density at radius 3 is 2.56 bits per heavy atom. The maximum absolute atomic E-state index is 13.1. The molecule has 0 saturated carbocycles. The highest BCUT2D eigenvalue weighted by Crippen LogP contribution is 2.15. The van der Waals surface area contributed by atoms with E-state index in [1.165, 1.54) is 22.9 Å². The number of hydrogen-bond donors (Lipinski definition) is 1. The van der Waals surface area contributed by atoms with Crippen molar-refractivity contribution in [1.29, 1.82) is 0 Å². The van der Waals surface area contributed by atoms with Gasteiger partial charge in [-0.05, 0) is 48.4 Å². The maximum Gasteiger partial charge on any atom is 0.266 e. The molecule has 1 aromatic heterocycles. The summed E-state index contributed by atoms with van der Waals surface area (Å²) in [5.74, 6) is -0.435. The van der Waals surface area contributed by atoms with Crippen LogP contribution in [0.15, 0.2) is 65.5 Å². The van der Waals surface area contributed by atoms with Crippen LogP contribution in [0.2, 0.25) is 0 Å². The van der Waals surface area contributed by atoms with Gasteiger partial charge in [-0.15, -0.1) is 0 Å². The second-order valence-electron chi connectivity index (χ2n) is 6.24. The second kappa shape index (κ2) is 8.40. The zero-order valence-corrected chi connectivity index (χ0v) is 15.0. The summed E-state index contributed by atoms with van der Waals surface area (Å²) in [6.07, 6.45) is 0.296. The Morgan fingerprint density at radius 1 is 1.07 bits per heavy atom. The van der Waals surface area contributed by atoms with Crippen molar-refractivity contribution in [2.45, 2.75) is 19.9 Å². The van der Waals surface area contributed by atoms with E-state index in [1.807, 2.05) is 31.2 Å². The van der Waals surface area contributed by atoms with E-state index in [4.69, 9.17) is 0 Å². The zero-order valence-electron chi connectivity index (χ0n) is 15.0. The molecule has 0 aliphatic carbocycles. The monoisotopic (exact) mass is 365 g/mol. The lowest BCUT2D eigenvalue weighted by atomic mass is 10.1. The van der Waals surface area contributed by atoms with Gasteiger partial charge in [0.2, 0.25) is 5.91 Å². The predicted molar refractivity (Wildman–Crippen MR) is 102 cm³/mol. The number of amides is 1. The number of rotatable bonds is 6. The second-order valence-corrected chi connectivity index (χ2v) is 6.24. The van der Waals surface area contributed by atoms with E-state index in [-0.39, 0.29) is 23.8 Å². The molecule has 0 unspecified atom stereocenters. The molecule has 0 bridgehead atoms. The zero-order chi connectivity index (χ0) is 19.2. The smallest absolute Gasteiger partial charge is 0.266 e. The first-order valence-corrected chi connectivity index (χ1v) is 8.68. The Bertz CT molecular complexity index is 997. The third-order valence-corrected chi connectivity index (χ3v) is 4.26. The summed E-state index contributed by atoms with van der Waals surface area (Å²) in [5, 5.41) is 7.11. The first kappa shape index (κ1) is 18.5. The van der Waals surface area contributed by atoms with Crippen LogP contribution in [-0.2, 0) is 17.8 Å². The highest BCUT2D eigenvalue weighted by Gasteiger charge is 2.07. The highest BCUT2D eigenvalue weighted by atomic mass is 19.1. The Labute approximate surface area is 156 Å². The number of nitrogens with one attached hydrogen (secondary N) is 1. The van der Waals surface area contributed by atoms with Gasteiger partial charge >= 0.3 is 0 Å². The van der Waals surface area contributed by atoms with Crippen molar-refractivity contribution < 1.29 is 9.18 Å². The van der Waals surface area contributed by atoms with Crippen LogP contribution in [0.25, 0.3) is 11.3 Å². The lowest BCUT2D eigenvalue weighted by Gasteiger charge is -2.09. The predicted octanol–water partition coefficient (Wildman–Crippen LogP) is 2.72. The number of carbonyl (C=O) groups excluding carboxylic acids is 1. The quantitative estimate of drug-likeness (QED) is 0.731. The standard InChI is InChI=1S/C21H20FN3O2/c1-15-4-2-3-5-17(15)14-20(26)23-12-13-25-21(27)11-10-19(24-25)16-6-8-18(22)9-7-16/h2-11H,12-14H2,1H3,(H,23,26). The Kier molecular flexibility index (Phi) is 5.76. The van der Waals surface area contributed by atoms with E-state index in [0.29, 0.717) is 24.2 Å². The Balaban J connectivity index is 1.61. The summed E-state index contributed by atoms with van der Waals surface area (Å²) in [4.78, 5) is 24.1. The van der Waals surface area contributed by atoms with Gasteiger partial charge in [0.15, 0.2) is 0 Å². The first-order chi connectivity index (χ1) is 13.0. The molecule has 0 radical (unpaired) electrons. The molecule has 138 valence electrons. The average Bonchev–Trinajstić information content (AvgIpc) is 2.66.